The second-order valence-corrected chi connectivity index (χ2v) is 3.73. The molecule has 13 heavy (non-hydrogen) atoms. The Balaban J connectivity index is 2.10. The molecule has 68 valence electrons. The largest absolute Gasteiger partial charge is 0.266 e. The second kappa shape index (κ2) is 3.70. The molecule has 2 aromatic rings. The van der Waals surface area contributed by atoms with E-state index in [0.29, 0.717) is 0 Å². The summed E-state index contributed by atoms with van der Waals surface area (Å²) < 4.78 is 1.89. The average Bonchev–Trinajstić information content (AvgIpc) is 2.76. The normalized spacial score (nSPS) is 10.5. The minimum Gasteiger partial charge on any atom is -0.266 e. The van der Waals surface area contributed by atoms with E-state index in [0.717, 1.165) is 18.0 Å². The van der Waals surface area contributed by atoms with Crippen LogP contribution in [-0.2, 0) is 13.0 Å². The molecule has 0 fully saturated rings. The highest BCUT2D eigenvalue weighted by Gasteiger charge is 2.00. The zero-order valence-corrected chi connectivity index (χ0v) is 8.29. The van der Waals surface area contributed by atoms with Crippen LogP contribution < -0.4 is 0 Å². The van der Waals surface area contributed by atoms with E-state index in [-0.39, 0.29) is 0 Å². The van der Waals surface area contributed by atoms with E-state index in [2.05, 4.69) is 22.4 Å². The Labute approximate surface area is 81.1 Å². The molecule has 2 rings (SSSR count). The van der Waals surface area contributed by atoms with Crippen molar-refractivity contribution in [1.82, 2.24) is 14.8 Å². The van der Waals surface area contributed by atoms with Crippen molar-refractivity contribution in [2.75, 3.05) is 0 Å². The first-order chi connectivity index (χ1) is 6.38. The number of aromatic nitrogens is 3. The van der Waals surface area contributed by atoms with E-state index in [9.17, 15) is 0 Å². The summed E-state index contributed by atoms with van der Waals surface area (Å²) in [6.45, 7) is 2.91. The van der Waals surface area contributed by atoms with Crippen molar-refractivity contribution in [3.8, 4) is 0 Å². The van der Waals surface area contributed by atoms with Gasteiger partial charge in [0.05, 0.1) is 12.2 Å². The zero-order chi connectivity index (χ0) is 9.10. The van der Waals surface area contributed by atoms with Gasteiger partial charge in [-0.3, -0.25) is 4.68 Å². The molecule has 0 unspecified atom stereocenters. The molecule has 2 aromatic heterocycles. The van der Waals surface area contributed by atoms with Gasteiger partial charge in [0.2, 0.25) is 0 Å². The van der Waals surface area contributed by atoms with E-state index in [1.807, 2.05) is 16.9 Å². The fourth-order valence-electron chi connectivity index (χ4n) is 1.12. The Morgan fingerprint density at radius 3 is 3.08 bits per heavy atom. The smallest absolute Gasteiger partial charge is 0.114 e. The lowest BCUT2D eigenvalue weighted by Gasteiger charge is -1.95. The van der Waals surface area contributed by atoms with Crippen LogP contribution in [0, 0.1) is 0 Å². The van der Waals surface area contributed by atoms with Gasteiger partial charge >= 0.3 is 0 Å². The third-order valence-corrected chi connectivity index (χ3v) is 2.70. The zero-order valence-electron chi connectivity index (χ0n) is 7.47. The Morgan fingerprint density at radius 1 is 1.54 bits per heavy atom. The predicted octanol–water partition coefficient (Wildman–Crippen LogP) is 1.95. The summed E-state index contributed by atoms with van der Waals surface area (Å²) in [6, 6.07) is 1.92. The van der Waals surface area contributed by atoms with Gasteiger partial charge in [0.25, 0.3) is 0 Å². The minimum absolute atomic E-state index is 0.789. The monoisotopic (exact) mass is 193 g/mol. The molecule has 3 nitrogen and oxygen atoms in total. The molecule has 0 N–H and O–H groups in total. The lowest BCUT2D eigenvalue weighted by Crippen LogP contribution is -1.99. The van der Waals surface area contributed by atoms with Gasteiger partial charge in [0.1, 0.15) is 5.01 Å². The van der Waals surface area contributed by atoms with Crippen molar-refractivity contribution in [3.63, 3.8) is 0 Å². The quantitative estimate of drug-likeness (QED) is 0.746. The Morgan fingerprint density at radius 2 is 2.46 bits per heavy atom. The van der Waals surface area contributed by atoms with Gasteiger partial charge in [-0.25, -0.2) is 4.98 Å². The molecule has 0 amide bonds. The van der Waals surface area contributed by atoms with Gasteiger partial charge in [-0.1, -0.05) is 6.92 Å². The third kappa shape index (κ3) is 1.95. The summed E-state index contributed by atoms with van der Waals surface area (Å²) in [7, 11) is 0. The van der Waals surface area contributed by atoms with Crippen LogP contribution in [0.2, 0.25) is 0 Å². The summed E-state index contributed by atoms with van der Waals surface area (Å²) in [5.41, 5.74) is 1.17. The van der Waals surface area contributed by atoms with Gasteiger partial charge in [-0.15, -0.1) is 11.3 Å². The molecule has 0 aromatic carbocycles. The molecule has 2 heterocycles. The predicted molar refractivity (Wildman–Crippen MR) is 52.8 cm³/mol. The molecule has 0 aliphatic rings. The van der Waals surface area contributed by atoms with Crippen molar-refractivity contribution in [2.45, 2.75) is 19.9 Å². The number of hydrogen-bond acceptors (Lipinski definition) is 3. The van der Waals surface area contributed by atoms with Crippen LogP contribution in [0.25, 0.3) is 0 Å². The van der Waals surface area contributed by atoms with Gasteiger partial charge in [0, 0.05) is 17.8 Å². The van der Waals surface area contributed by atoms with E-state index in [1.165, 1.54) is 5.69 Å². The van der Waals surface area contributed by atoms with Gasteiger partial charge in [-0.2, -0.15) is 5.10 Å². The van der Waals surface area contributed by atoms with Crippen molar-refractivity contribution in [1.29, 1.82) is 0 Å². The first-order valence-corrected chi connectivity index (χ1v) is 5.17. The summed E-state index contributed by atoms with van der Waals surface area (Å²) in [5.74, 6) is 0. The molecule has 0 bridgehead atoms. The molecule has 0 atom stereocenters. The van der Waals surface area contributed by atoms with Gasteiger partial charge < -0.3 is 0 Å². The van der Waals surface area contributed by atoms with Gasteiger partial charge in [-0.05, 0) is 12.5 Å². The van der Waals surface area contributed by atoms with E-state index in [1.54, 1.807) is 17.5 Å². The molecule has 0 aliphatic heterocycles. The SMILES string of the molecule is CCc1csc(Cn2cccn2)n1. The lowest BCUT2D eigenvalue weighted by atomic mass is 10.4. The summed E-state index contributed by atoms with van der Waals surface area (Å²) in [5, 5.41) is 7.37. The van der Waals surface area contributed by atoms with Crippen molar-refractivity contribution >= 4 is 11.3 Å². The van der Waals surface area contributed by atoms with Crippen LogP contribution in [-0.4, -0.2) is 14.8 Å². The van der Waals surface area contributed by atoms with Crippen molar-refractivity contribution in [2.24, 2.45) is 0 Å². The first-order valence-electron chi connectivity index (χ1n) is 4.29. The van der Waals surface area contributed by atoms with Crippen LogP contribution in [0.5, 0.6) is 0 Å². The van der Waals surface area contributed by atoms with E-state index in [4.69, 9.17) is 0 Å². The van der Waals surface area contributed by atoms with Crippen molar-refractivity contribution < 1.29 is 0 Å². The standard InChI is InChI=1S/C9H11N3S/c1-2-8-7-13-9(11-8)6-12-5-3-4-10-12/h3-5,7H,2,6H2,1H3. The van der Waals surface area contributed by atoms with Crippen LogP contribution >= 0.6 is 11.3 Å². The molecule has 0 radical (unpaired) electrons. The van der Waals surface area contributed by atoms with E-state index < -0.39 is 0 Å². The Bertz CT molecular complexity index is 364. The highest BCUT2D eigenvalue weighted by Crippen LogP contribution is 2.10. The number of rotatable bonds is 3. The molecule has 0 saturated heterocycles. The van der Waals surface area contributed by atoms with Gasteiger partial charge in [0.15, 0.2) is 0 Å². The molecule has 0 spiro atoms. The fraction of sp³-hybridized carbons (Fsp3) is 0.333. The average molecular weight is 193 g/mol. The number of nitrogens with zero attached hydrogens (tertiary/aromatic N) is 3. The van der Waals surface area contributed by atoms with Crippen LogP contribution in [0.3, 0.4) is 0 Å². The van der Waals surface area contributed by atoms with E-state index >= 15 is 0 Å². The molecule has 4 heteroatoms. The topological polar surface area (TPSA) is 30.7 Å². The fourth-order valence-corrected chi connectivity index (χ4v) is 1.98. The Kier molecular flexibility index (Phi) is 2.40. The van der Waals surface area contributed by atoms with Crippen LogP contribution in [0.15, 0.2) is 23.8 Å². The molecule has 0 aliphatic carbocycles. The lowest BCUT2D eigenvalue weighted by molar-refractivity contribution is 0.681. The molecule has 0 saturated carbocycles. The number of hydrogen-bond donors (Lipinski definition) is 0. The molecular weight excluding hydrogens is 182 g/mol. The van der Waals surface area contributed by atoms with Crippen molar-refractivity contribution in [3.05, 3.63) is 34.5 Å². The maximum absolute atomic E-state index is 4.46. The maximum Gasteiger partial charge on any atom is 0.114 e. The second-order valence-electron chi connectivity index (χ2n) is 2.79. The summed E-state index contributed by atoms with van der Waals surface area (Å²) >= 11 is 1.70. The molecular formula is C9H11N3S. The number of aryl methyl sites for hydroxylation is 1. The van der Waals surface area contributed by atoms with Crippen LogP contribution in [0.4, 0.5) is 0 Å². The minimum atomic E-state index is 0.789. The highest BCUT2D eigenvalue weighted by molar-refractivity contribution is 7.09. The maximum atomic E-state index is 4.46. The Hall–Kier alpha value is -1.16. The highest BCUT2D eigenvalue weighted by atomic mass is 32.1. The van der Waals surface area contributed by atoms with Crippen LogP contribution in [0.1, 0.15) is 17.6 Å². The third-order valence-electron chi connectivity index (χ3n) is 1.82. The summed E-state index contributed by atoms with van der Waals surface area (Å²) in [6.07, 6.45) is 4.75. The first kappa shape index (κ1) is 8.44. The summed E-state index contributed by atoms with van der Waals surface area (Å²) in [4.78, 5) is 4.46. The number of thiazole rings is 1.